The fraction of sp³-hybridized carbons (Fsp3) is 0.435. The van der Waals surface area contributed by atoms with E-state index in [-0.39, 0.29) is 96.6 Å². The Labute approximate surface area is 401 Å². The van der Waals surface area contributed by atoms with E-state index in [0.717, 1.165) is 10.1 Å². The van der Waals surface area contributed by atoms with Gasteiger partial charge in [-0.15, -0.1) is 11.6 Å². The molecule has 2 aromatic carbocycles. The number of nitrogens with zero attached hydrogens (tertiary/aromatic N) is 6. The smallest absolute Gasteiger partial charge is 0.283 e. The van der Waals surface area contributed by atoms with Gasteiger partial charge in [0.2, 0.25) is 0 Å². The van der Waals surface area contributed by atoms with Crippen molar-refractivity contribution >= 4 is 35.2 Å². The lowest BCUT2D eigenvalue weighted by Crippen LogP contribution is -2.53. The molecule has 4 aromatic rings. The lowest BCUT2D eigenvalue weighted by molar-refractivity contribution is -0.170. The van der Waals surface area contributed by atoms with Gasteiger partial charge in [0.15, 0.2) is 18.1 Å². The van der Waals surface area contributed by atoms with Gasteiger partial charge in [-0.25, -0.2) is 28.9 Å². The molecular formula is C46H53ClF2N6O14. The number of aromatic hydroxyl groups is 1. The molecule has 4 fully saturated rings. The molecule has 4 atom stereocenters. The van der Waals surface area contributed by atoms with Crippen LogP contribution in [0.25, 0.3) is 0 Å². The van der Waals surface area contributed by atoms with Crippen molar-refractivity contribution < 1.29 is 75.9 Å². The quantitative estimate of drug-likeness (QED) is 0.157. The molecule has 1 N–H and O–H groups in total. The molecule has 4 saturated heterocycles. The molecule has 372 valence electrons. The van der Waals surface area contributed by atoms with E-state index in [1.165, 1.54) is 91.1 Å². The van der Waals surface area contributed by atoms with Gasteiger partial charge < -0.3 is 48.1 Å². The number of methoxy groups -OCH3 is 2. The largest absolute Gasteiger partial charge is 0.503 e. The molecule has 0 bridgehead atoms. The van der Waals surface area contributed by atoms with Crippen molar-refractivity contribution in [3.8, 4) is 23.3 Å². The van der Waals surface area contributed by atoms with Crippen LogP contribution in [0.5, 0.6) is 23.3 Å². The number of likely N-dealkylation sites (tertiary alicyclic amines) is 2. The number of aromatic nitrogens is 2. The number of carbonyl (C=O) groups is 4. The van der Waals surface area contributed by atoms with Crippen molar-refractivity contribution in [3.05, 3.63) is 107 Å². The summed E-state index contributed by atoms with van der Waals surface area (Å²) in [6, 6.07) is 18.4. The Hall–Kier alpha value is -6.27. The SMILES string of the molecule is CON(C)C(=O)CCl.COc1nc(C(=O)N2CC[C@]3(c4cccc(F)c4)OCO[C@@H]3C2)ccc1O.COc1nc(C(=O)N2CC[C@]3(c4cccc(F)c4)OCO[C@@H]3C2)ccc1OCC(=O)N(C)OC. The second-order valence-electron chi connectivity index (χ2n) is 15.6. The Balaban J connectivity index is 0.000000199. The maximum Gasteiger partial charge on any atom is 0.283 e. The number of fused-ring (bicyclic) bond motifs is 2. The normalized spacial score (nSPS) is 21.3. The number of alkyl halides is 1. The molecule has 0 saturated carbocycles. The Morgan fingerprint density at radius 3 is 1.65 bits per heavy atom. The highest BCUT2D eigenvalue weighted by atomic mass is 35.5. The van der Waals surface area contributed by atoms with E-state index in [2.05, 4.69) is 14.8 Å². The first-order valence-electron chi connectivity index (χ1n) is 21.3. The number of carbonyl (C=O) groups excluding carboxylic acids is 4. The second-order valence-corrected chi connectivity index (χ2v) is 15.9. The lowest BCUT2D eigenvalue weighted by atomic mass is 9.82. The third-order valence-corrected chi connectivity index (χ3v) is 12.1. The van der Waals surface area contributed by atoms with Crippen molar-refractivity contribution in [1.82, 2.24) is 29.9 Å². The van der Waals surface area contributed by atoms with E-state index in [9.17, 15) is 33.1 Å². The summed E-state index contributed by atoms with van der Waals surface area (Å²) < 4.78 is 66.5. The van der Waals surface area contributed by atoms with E-state index in [1.807, 2.05) is 12.1 Å². The first-order chi connectivity index (χ1) is 33.1. The van der Waals surface area contributed by atoms with Gasteiger partial charge in [0.25, 0.3) is 35.4 Å². The van der Waals surface area contributed by atoms with Crippen molar-refractivity contribution in [2.75, 3.05) is 94.8 Å². The molecule has 0 radical (unpaired) electrons. The van der Waals surface area contributed by atoms with Gasteiger partial charge in [0, 0.05) is 40.0 Å². The van der Waals surface area contributed by atoms with Crippen molar-refractivity contribution in [1.29, 1.82) is 0 Å². The first-order valence-corrected chi connectivity index (χ1v) is 21.9. The first kappa shape index (κ1) is 52.1. The zero-order valence-corrected chi connectivity index (χ0v) is 39.5. The molecular weight excluding hydrogens is 934 g/mol. The van der Waals surface area contributed by atoms with Crippen LogP contribution in [0, 0.1) is 11.6 Å². The summed E-state index contributed by atoms with van der Waals surface area (Å²) in [5, 5.41) is 11.8. The van der Waals surface area contributed by atoms with E-state index in [1.54, 1.807) is 21.9 Å². The minimum absolute atomic E-state index is 0.00702. The number of likely N-dealkylation sites (N-methyl/N-ethyl adjacent to an activating group) is 1. The third-order valence-electron chi connectivity index (χ3n) is 11.9. The number of amides is 4. The van der Waals surface area contributed by atoms with Crippen LogP contribution in [-0.2, 0) is 49.4 Å². The molecule has 0 spiro atoms. The number of ether oxygens (including phenoxy) is 7. The van der Waals surface area contributed by atoms with Crippen LogP contribution >= 0.6 is 11.6 Å². The average molecular weight is 987 g/mol. The molecule has 6 heterocycles. The molecule has 20 nitrogen and oxygen atoms in total. The van der Waals surface area contributed by atoms with Crippen LogP contribution in [0.2, 0.25) is 0 Å². The van der Waals surface area contributed by atoms with Crippen molar-refractivity contribution in [3.63, 3.8) is 0 Å². The van der Waals surface area contributed by atoms with Crippen LogP contribution in [0.3, 0.4) is 0 Å². The molecule has 4 amide bonds. The van der Waals surface area contributed by atoms with E-state index in [0.29, 0.717) is 43.6 Å². The predicted molar refractivity (Wildman–Crippen MR) is 238 cm³/mol. The number of hydrogen-bond acceptors (Lipinski definition) is 16. The Bertz CT molecular complexity index is 2460. The Kier molecular flexibility index (Phi) is 17.6. The summed E-state index contributed by atoms with van der Waals surface area (Å²) in [4.78, 5) is 69.2. The standard InChI is InChI=1S/C23H26FN3O7.C19H19FN2O5.C4H8ClNO2/c1-26(31-3)20(28)13-32-18-8-7-17(25-21(18)30-2)22(29)27-10-9-23(19(12-27)33-14-34-23)15-5-4-6-16(24)11-15;1-25-17-15(23)6-5-14(21-17)18(24)22-8-7-19(16(10-22)26-11-27-19)12-3-2-4-13(20)9-12;1-6(8-2)4(7)3-5/h4-8,11,19H,9-10,12-14H2,1-3H3;2-6,9,16,23H,7-8,10-11H2,1H3;3H2,1-2H3/t19-,23-;16-,19-;/m11./s1. The van der Waals surface area contributed by atoms with Gasteiger partial charge in [0.1, 0.15) is 65.9 Å². The molecule has 23 heteroatoms. The van der Waals surface area contributed by atoms with Gasteiger partial charge in [-0.05, 0) is 59.7 Å². The summed E-state index contributed by atoms with van der Waals surface area (Å²) in [5.74, 6) is -1.84. The van der Waals surface area contributed by atoms with Gasteiger partial charge in [-0.3, -0.25) is 28.9 Å². The maximum absolute atomic E-state index is 13.8. The number of pyridine rings is 2. The van der Waals surface area contributed by atoms with Crippen LogP contribution in [0.4, 0.5) is 8.78 Å². The van der Waals surface area contributed by atoms with Gasteiger partial charge in [-0.1, -0.05) is 24.3 Å². The Morgan fingerprint density at radius 1 is 0.725 bits per heavy atom. The minimum atomic E-state index is -0.802. The fourth-order valence-corrected chi connectivity index (χ4v) is 8.16. The summed E-state index contributed by atoms with van der Waals surface area (Å²) in [7, 11) is 8.50. The predicted octanol–water partition coefficient (Wildman–Crippen LogP) is 4.04. The zero-order chi connectivity index (χ0) is 49.9. The van der Waals surface area contributed by atoms with Crippen LogP contribution in [-0.4, -0.2) is 166 Å². The fourth-order valence-electron chi connectivity index (χ4n) is 8.00. The van der Waals surface area contributed by atoms with E-state index < -0.39 is 29.3 Å². The monoisotopic (exact) mass is 986 g/mol. The average Bonchev–Trinajstić information content (AvgIpc) is 4.03. The Morgan fingerprint density at radius 2 is 1.20 bits per heavy atom. The van der Waals surface area contributed by atoms with Crippen LogP contribution in [0.15, 0.2) is 72.8 Å². The van der Waals surface area contributed by atoms with E-state index >= 15 is 0 Å². The zero-order valence-electron chi connectivity index (χ0n) is 38.7. The van der Waals surface area contributed by atoms with E-state index in [4.69, 9.17) is 49.6 Å². The second kappa shape index (κ2) is 23.4. The molecule has 0 aliphatic carbocycles. The summed E-state index contributed by atoms with van der Waals surface area (Å²) in [5.41, 5.74) is 0.157. The number of rotatable bonds is 12. The van der Waals surface area contributed by atoms with Gasteiger partial charge >= 0.3 is 0 Å². The van der Waals surface area contributed by atoms with Crippen molar-refractivity contribution in [2.24, 2.45) is 0 Å². The summed E-state index contributed by atoms with van der Waals surface area (Å²) in [6.07, 6.45) is 0.0684. The number of benzene rings is 2. The van der Waals surface area contributed by atoms with Gasteiger partial charge in [0.05, 0.1) is 41.5 Å². The molecule has 0 unspecified atom stereocenters. The molecule has 4 aliphatic rings. The molecule has 8 rings (SSSR count). The number of hydroxylamine groups is 4. The topological polar surface area (TPSA) is 210 Å². The maximum atomic E-state index is 13.8. The van der Waals surface area contributed by atoms with Crippen LogP contribution < -0.4 is 14.2 Å². The third kappa shape index (κ3) is 11.8. The number of halogens is 3. The highest BCUT2D eigenvalue weighted by Crippen LogP contribution is 2.44. The van der Waals surface area contributed by atoms with Crippen LogP contribution in [0.1, 0.15) is 44.9 Å². The summed E-state index contributed by atoms with van der Waals surface area (Å²) in [6.45, 7) is 1.20. The number of hydrogen-bond donors (Lipinski definition) is 1. The summed E-state index contributed by atoms with van der Waals surface area (Å²) >= 11 is 5.15. The van der Waals surface area contributed by atoms with Gasteiger partial charge in [-0.2, -0.15) is 0 Å². The minimum Gasteiger partial charge on any atom is -0.503 e. The number of piperidine rings is 2. The lowest BCUT2D eigenvalue weighted by Gasteiger charge is -2.41. The van der Waals surface area contributed by atoms with Crippen molar-refractivity contribution in [2.45, 2.75) is 36.3 Å². The highest BCUT2D eigenvalue weighted by Gasteiger charge is 2.52. The molecule has 69 heavy (non-hydrogen) atoms. The molecule has 4 aliphatic heterocycles. The highest BCUT2D eigenvalue weighted by molar-refractivity contribution is 6.27. The molecule has 2 aromatic heterocycles.